The van der Waals surface area contributed by atoms with E-state index >= 15 is 0 Å². The Bertz CT molecular complexity index is 1180. The van der Waals surface area contributed by atoms with Crippen LogP contribution in [-0.2, 0) is 13.1 Å². The Labute approximate surface area is 181 Å². The van der Waals surface area contributed by atoms with Crippen molar-refractivity contribution in [2.45, 2.75) is 26.1 Å². The summed E-state index contributed by atoms with van der Waals surface area (Å²) in [7, 11) is 0. The minimum Gasteiger partial charge on any atom is -0.348 e. The van der Waals surface area contributed by atoms with Crippen LogP contribution in [0, 0.1) is 0 Å². The smallest absolute Gasteiger partial charge is 0.318 e. The average Bonchev–Trinajstić information content (AvgIpc) is 3.47. The molecule has 0 aliphatic carbocycles. The molecule has 1 N–H and O–H groups in total. The van der Waals surface area contributed by atoms with Gasteiger partial charge in [-0.3, -0.25) is 0 Å². The summed E-state index contributed by atoms with van der Waals surface area (Å²) in [6, 6.07) is 24.2. The van der Waals surface area contributed by atoms with Gasteiger partial charge in [-0.05, 0) is 31.2 Å². The van der Waals surface area contributed by atoms with Crippen LogP contribution in [-0.4, -0.2) is 31.8 Å². The number of nitrogens with zero attached hydrogens (tertiary/aromatic N) is 4. The zero-order chi connectivity index (χ0) is 21.2. The van der Waals surface area contributed by atoms with Crippen molar-refractivity contribution >= 4 is 6.03 Å². The number of rotatable bonds is 4. The van der Waals surface area contributed by atoms with Crippen LogP contribution in [0.5, 0.6) is 0 Å². The third-order valence-corrected chi connectivity index (χ3v) is 5.89. The minimum absolute atomic E-state index is 0.0457. The lowest BCUT2D eigenvalue weighted by Crippen LogP contribution is -2.45. The average molecular weight is 412 g/mol. The molecule has 2 aromatic heterocycles. The first-order valence-corrected chi connectivity index (χ1v) is 10.6. The maximum absolute atomic E-state index is 13.0. The zero-order valence-corrected chi connectivity index (χ0v) is 17.5. The van der Waals surface area contributed by atoms with Gasteiger partial charge in [0.15, 0.2) is 0 Å². The van der Waals surface area contributed by atoms with Gasteiger partial charge in [-0.15, -0.1) is 0 Å². The summed E-state index contributed by atoms with van der Waals surface area (Å²) in [5, 5.41) is 7.95. The summed E-state index contributed by atoms with van der Waals surface area (Å²) in [6.45, 7) is 4.01. The molecule has 5 rings (SSSR count). The molecule has 2 aromatic carbocycles. The summed E-state index contributed by atoms with van der Waals surface area (Å²) >= 11 is 0. The molecule has 0 fully saturated rings. The van der Waals surface area contributed by atoms with Crippen LogP contribution in [0.25, 0.3) is 16.9 Å². The van der Waals surface area contributed by atoms with Crippen molar-refractivity contribution in [2.24, 2.45) is 0 Å². The molecule has 31 heavy (non-hydrogen) atoms. The molecular formula is C25H25N5O. The third-order valence-electron chi connectivity index (χ3n) is 5.89. The maximum Gasteiger partial charge on any atom is 0.318 e. The third kappa shape index (κ3) is 3.72. The summed E-state index contributed by atoms with van der Waals surface area (Å²) < 4.78 is 4.09. The Hall–Kier alpha value is -3.80. The minimum atomic E-state index is -0.0496. The van der Waals surface area contributed by atoms with Gasteiger partial charge in [0.05, 0.1) is 17.4 Å². The fourth-order valence-electron chi connectivity index (χ4n) is 4.22. The van der Waals surface area contributed by atoms with Crippen molar-refractivity contribution in [1.82, 2.24) is 24.6 Å². The largest absolute Gasteiger partial charge is 0.348 e. The molecule has 1 unspecified atom stereocenters. The SMILES string of the molecule is CC1c2cccn2CCN1C(=O)NCc1cn(-c2ccccc2)nc1-c1ccccc1. The molecule has 1 aliphatic heterocycles. The van der Waals surface area contributed by atoms with Crippen molar-refractivity contribution in [3.05, 3.63) is 96.4 Å². The van der Waals surface area contributed by atoms with E-state index < -0.39 is 0 Å². The molecule has 156 valence electrons. The first-order valence-electron chi connectivity index (χ1n) is 10.6. The van der Waals surface area contributed by atoms with Crippen molar-refractivity contribution in [2.75, 3.05) is 6.54 Å². The lowest BCUT2D eigenvalue weighted by Gasteiger charge is -2.34. The highest BCUT2D eigenvalue weighted by Gasteiger charge is 2.27. The van der Waals surface area contributed by atoms with Crippen LogP contribution in [0.4, 0.5) is 4.79 Å². The monoisotopic (exact) mass is 411 g/mol. The molecule has 2 amide bonds. The van der Waals surface area contributed by atoms with E-state index in [1.165, 1.54) is 5.69 Å². The number of urea groups is 1. The quantitative estimate of drug-likeness (QED) is 0.532. The van der Waals surface area contributed by atoms with Crippen LogP contribution in [0.1, 0.15) is 24.2 Å². The molecule has 0 saturated carbocycles. The number of hydrogen-bond acceptors (Lipinski definition) is 2. The highest BCUT2D eigenvalue weighted by Crippen LogP contribution is 2.26. The number of amides is 2. The van der Waals surface area contributed by atoms with Crippen LogP contribution in [0.15, 0.2) is 85.2 Å². The van der Waals surface area contributed by atoms with Crippen molar-refractivity contribution < 1.29 is 4.79 Å². The second-order valence-corrected chi connectivity index (χ2v) is 7.80. The van der Waals surface area contributed by atoms with E-state index in [2.05, 4.69) is 29.1 Å². The Morgan fingerprint density at radius 2 is 1.74 bits per heavy atom. The van der Waals surface area contributed by atoms with Crippen molar-refractivity contribution in [3.63, 3.8) is 0 Å². The number of para-hydroxylation sites is 1. The van der Waals surface area contributed by atoms with Gasteiger partial charge in [-0.1, -0.05) is 48.5 Å². The topological polar surface area (TPSA) is 55.1 Å². The number of nitrogens with one attached hydrogen (secondary N) is 1. The first-order chi connectivity index (χ1) is 15.2. The van der Waals surface area contributed by atoms with E-state index in [4.69, 9.17) is 5.10 Å². The Kier molecular flexibility index (Phi) is 5.04. The summed E-state index contributed by atoms with van der Waals surface area (Å²) in [5.41, 5.74) is 5.05. The number of carbonyl (C=O) groups is 1. The molecule has 0 saturated heterocycles. The standard InChI is InChI=1S/C25H25N5O/c1-19-23-13-8-14-28(23)15-16-29(19)25(31)26-17-21-18-30(22-11-6-3-7-12-22)27-24(21)20-9-4-2-5-10-20/h2-14,18-19H,15-17H2,1H3,(H,26,31). The lowest BCUT2D eigenvalue weighted by molar-refractivity contribution is 0.162. The van der Waals surface area contributed by atoms with Gasteiger partial charge in [-0.25, -0.2) is 9.48 Å². The molecule has 6 nitrogen and oxygen atoms in total. The fourth-order valence-corrected chi connectivity index (χ4v) is 4.22. The second kappa shape index (κ2) is 8.14. The molecule has 3 heterocycles. The van der Waals surface area contributed by atoms with E-state index in [1.54, 1.807) is 0 Å². The van der Waals surface area contributed by atoms with Crippen molar-refractivity contribution in [1.29, 1.82) is 0 Å². The van der Waals surface area contributed by atoms with Crippen LogP contribution >= 0.6 is 0 Å². The summed E-state index contributed by atoms with van der Waals surface area (Å²) in [4.78, 5) is 14.9. The van der Waals surface area contributed by atoms with Gasteiger partial charge in [0.2, 0.25) is 0 Å². The molecule has 1 aliphatic rings. The summed E-state index contributed by atoms with van der Waals surface area (Å²) in [6.07, 6.45) is 4.08. The predicted octanol–water partition coefficient (Wildman–Crippen LogP) is 4.63. The maximum atomic E-state index is 13.0. The molecular weight excluding hydrogens is 386 g/mol. The molecule has 4 aromatic rings. The molecule has 6 heteroatoms. The highest BCUT2D eigenvalue weighted by molar-refractivity contribution is 5.75. The van der Waals surface area contributed by atoms with E-state index in [9.17, 15) is 4.79 Å². The second-order valence-electron chi connectivity index (χ2n) is 7.80. The summed E-state index contributed by atoms with van der Waals surface area (Å²) in [5.74, 6) is 0. The molecule has 0 radical (unpaired) electrons. The Morgan fingerprint density at radius 3 is 2.52 bits per heavy atom. The predicted molar refractivity (Wildman–Crippen MR) is 121 cm³/mol. The number of fused-ring (bicyclic) bond motifs is 1. The van der Waals surface area contributed by atoms with Gasteiger partial charge >= 0.3 is 6.03 Å². The zero-order valence-electron chi connectivity index (χ0n) is 17.5. The van der Waals surface area contributed by atoms with Gasteiger partial charge in [0.25, 0.3) is 0 Å². The molecule has 0 spiro atoms. The Balaban J connectivity index is 1.38. The van der Waals surface area contributed by atoms with Gasteiger partial charge in [0.1, 0.15) is 0 Å². The van der Waals surface area contributed by atoms with Crippen LogP contribution in [0.3, 0.4) is 0 Å². The highest BCUT2D eigenvalue weighted by atomic mass is 16.2. The fraction of sp³-hybridized carbons (Fsp3) is 0.200. The van der Waals surface area contributed by atoms with Gasteiger partial charge < -0.3 is 14.8 Å². The number of hydrogen-bond donors (Lipinski definition) is 1. The van der Waals surface area contributed by atoms with Crippen LogP contribution in [0.2, 0.25) is 0 Å². The van der Waals surface area contributed by atoms with E-state index in [1.807, 2.05) is 82.5 Å². The molecule has 0 bridgehead atoms. The number of aromatic nitrogens is 3. The van der Waals surface area contributed by atoms with Gasteiger partial charge in [0, 0.05) is 48.8 Å². The first kappa shape index (κ1) is 19.2. The lowest BCUT2D eigenvalue weighted by atomic mass is 10.1. The molecule has 1 atom stereocenters. The van der Waals surface area contributed by atoms with E-state index in [-0.39, 0.29) is 12.1 Å². The number of carbonyl (C=O) groups excluding carboxylic acids is 1. The van der Waals surface area contributed by atoms with E-state index in [0.29, 0.717) is 13.1 Å². The van der Waals surface area contributed by atoms with Gasteiger partial charge in [-0.2, -0.15) is 5.10 Å². The van der Waals surface area contributed by atoms with Crippen LogP contribution < -0.4 is 5.32 Å². The normalized spacial score (nSPS) is 15.5. The Morgan fingerprint density at radius 1 is 1.00 bits per heavy atom. The van der Waals surface area contributed by atoms with E-state index in [0.717, 1.165) is 29.1 Å². The van der Waals surface area contributed by atoms with Crippen molar-refractivity contribution in [3.8, 4) is 16.9 Å². The number of benzene rings is 2.